The first-order valence-electron chi connectivity index (χ1n) is 4.26. The zero-order chi connectivity index (χ0) is 10.7. The second-order valence-corrected chi connectivity index (χ2v) is 2.94. The van der Waals surface area contributed by atoms with Gasteiger partial charge in [0, 0.05) is 6.20 Å². The number of rotatable bonds is 3. The van der Waals surface area contributed by atoms with E-state index in [1.165, 1.54) is 18.6 Å². The number of hydrogen-bond donors (Lipinski definition) is 1. The van der Waals surface area contributed by atoms with Crippen molar-refractivity contribution in [2.24, 2.45) is 0 Å². The third kappa shape index (κ3) is 2.16. The normalized spacial score (nSPS) is 10.1. The molecule has 0 radical (unpaired) electrons. The molecule has 6 heteroatoms. The molecule has 2 aromatic heterocycles. The zero-order valence-corrected chi connectivity index (χ0v) is 7.74. The van der Waals surface area contributed by atoms with E-state index < -0.39 is 5.97 Å². The fourth-order valence-corrected chi connectivity index (χ4v) is 1.12. The Balaban J connectivity index is 2.14. The highest BCUT2D eigenvalue weighted by molar-refractivity contribution is 5.87. The van der Waals surface area contributed by atoms with Gasteiger partial charge < -0.3 is 5.11 Å². The van der Waals surface area contributed by atoms with Gasteiger partial charge in [-0.05, 0) is 12.1 Å². The lowest BCUT2D eigenvalue weighted by Gasteiger charge is -2.00. The first-order valence-corrected chi connectivity index (χ1v) is 4.26. The predicted molar refractivity (Wildman–Crippen MR) is 50.3 cm³/mol. The van der Waals surface area contributed by atoms with Crippen LogP contribution in [0, 0.1) is 0 Å². The zero-order valence-electron chi connectivity index (χ0n) is 7.74. The molecule has 0 bridgehead atoms. The van der Waals surface area contributed by atoms with Gasteiger partial charge in [0.25, 0.3) is 0 Å². The van der Waals surface area contributed by atoms with Crippen molar-refractivity contribution in [1.82, 2.24) is 19.7 Å². The lowest BCUT2D eigenvalue weighted by Crippen LogP contribution is -2.04. The molecule has 6 nitrogen and oxygen atoms in total. The lowest BCUT2D eigenvalue weighted by molar-refractivity contribution is 0.0696. The van der Waals surface area contributed by atoms with E-state index in [1.807, 2.05) is 0 Å². The van der Waals surface area contributed by atoms with Gasteiger partial charge in [0.05, 0.1) is 17.8 Å². The molecule has 0 aliphatic rings. The summed E-state index contributed by atoms with van der Waals surface area (Å²) in [4.78, 5) is 18.4. The second-order valence-electron chi connectivity index (χ2n) is 2.94. The molecule has 0 atom stereocenters. The number of carbonyl (C=O) groups is 1. The Bertz CT molecular complexity index is 449. The average molecular weight is 204 g/mol. The number of carboxylic acid groups (broad SMARTS) is 1. The highest BCUT2D eigenvalue weighted by atomic mass is 16.4. The van der Waals surface area contributed by atoms with Crippen LogP contribution in [0.15, 0.2) is 31.0 Å². The van der Waals surface area contributed by atoms with Crippen LogP contribution in [0.4, 0.5) is 0 Å². The molecule has 0 saturated carbocycles. The highest BCUT2D eigenvalue weighted by Gasteiger charge is 2.03. The van der Waals surface area contributed by atoms with Crippen LogP contribution < -0.4 is 0 Å². The van der Waals surface area contributed by atoms with Crippen LogP contribution in [0.1, 0.15) is 16.1 Å². The Kier molecular flexibility index (Phi) is 2.40. The minimum Gasteiger partial charge on any atom is -0.478 e. The summed E-state index contributed by atoms with van der Waals surface area (Å²) in [6.07, 6.45) is 4.34. The first kappa shape index (κ1) is 9.32. The minimum atomic E-state index is -0.977. The lowest BCUT2D eigenvalue weighted by atomic mass is 10.2. The van der Waals surface area contributed by atoms with Gasteiger partial charge in [0.1, 0.15) is 12.7 Å². The van der Waals surface area contributed by atoms with E-state index in [0.29, 0.717) is 6.54 Å². The SMILES string of the molecule is O=C(O)c1ccc(Cn2cncn2)nc1. The van der Waals surface area contributed by atoms with Crippen molar-refractivity contribution in [1.29, 1.82) is 0 Å². The molecule has 2 heterocycles. The highest BCUT2D eigenvalue weighted by Crippen LogP contribution is 2.01. The number of pyridine rings is 1. The quantitative estimate of drug-likeness (QED) is 0.783. The molecule has 0 fully saturated rings. The molecular formula is C9H8N4O2. The van der Waals surface area contributed by atoms with Gasteiger partial charge in [-0.15, -0.1) is 0 Å². The van der Waals surface area contributed by atoms with Crippen LogP contribution in [-0.2, 0) is 6.54 Å². The van der Waals surface area contributed by atoms with Crippen LogP contribution in [0.2, 0.25) is 0 Å². The molecule has 0 spiro atoms. The summed E-state index contributed by atoms with van der Waals surface area (Å²) in [5.74, 6) is -0.977. The molecule has 0 aliphatic heterocycles. The molecule has 0 aliphatic carbocycles. The number of aromatic carboxylic acids is 1. The van der Waals surface area contributed by atoms with Crippen LogP contribution in [-0.4, -0.2) is 30.8 Å². The summed E-state index contributed by atoms with van der Waals surface area (Å²) >= 11 is 0. The van der Waals surface area contributed by atoms with E-state index in [-0.39, 0.29) is 5.56 Å². The maximum atomic E-state index is 10.6. The van der Waals surface area contributed by atoms with Crippen LogP contribution in [0.3, 0.4) is 0 Å². The fourth-order valence-electron chi connectivity index (χ4n) is 1.12. The molecule has 0 saturated heterocycles. The first-order chi connectivity index (χ1) is 7.25. The molecule has 0 unspecified atom stereocenters. The predicted octanol–water partition coefficient (Wildman–Crippen LogP) is 0.420. The van der Waals surface area contributed by atoms with Crippen LogP contribution in [0.25, 0.3) is 0 Å². The third-order valence-corrected chi connectivity index (χ3v) is 1.86. The van der Waals surface area contributed by atoms with Crippen molar-refractivity contribution >= 4 is 5.97 Å². The van der Waals surface area contributed by atoms with Gasteiger partial charge in [-0.2, -0.15) is 5.10 Å². The smallest absolute Gasteiger partial charge is 0.337 e. The van der Waals surface area contributed by atoms with E-state index in [4.69, 9.17) is 5.11 Å². The van der Waals surface area contributed by atoms with E-state index in [2.05, 4.69) is 15.1 Å². The van der Waals surface area contributed by atoms with E-state index in [0.717, 1.165) is 5.69 Å². The maximum Gasteiger partial charge on any atom is 0.337 e. The molecule has 0 amide bonds. The second kappa shape index (κ2) is 3.87. The average Bonchev–Trinajstić information content (AvgIpc) is 2.71. The number of carboxylic acids is 1. The van der Waals surface area contributed by atoms with Crippen molar-refractivity contribution in [3.63, 3.8) is 0 Å². The Morgan fingerprint density at radius 2 is 2.33 bits per heavy atom. The van der Waals surface area contributed by atoms with Crippen LogP contribution >= 0.6 is 0 Å². The van der Waals surface area contributed by atoms with Gasteiger partial charge in [-0.3, -0.25) is 4.98 Å². The minimum absolute atomic E-state index is 0.178. The number of nitrogens with zero attached hydrogens (tertiary/aromatic N) is 4. The molecule has 2 aromatic rings. The van der Waals surface area contributed by atoms with E-state index in [1.54, 1.807) is 17.1 Å². The maximum absolute atomic E-state index is 10.6. The van der Waals surface area contributed by atoms with Gasteiger partial charge in [-0.25, -0.2) is 14.5 Å². The van der Waals surface area contributed by atoms with Gasteiger partial charge in [0.15, 0.2) is 0 Å². The number of hydrogen-bond acceptors (Lipinski definition) is 4. The van der Waals surface area contributed by atoms with Gasteiger partial charge >= 0.3 is 5.97 Å². The van der Waals surface area contributed by atoms with Crippen molar-refractivity contribution in [2.45, 2.75) is 6.54 Å². The van der Waals surface area contributed by atoms with Crippen molar-refractivity contribution in [3.05, 3.63) is 42.2 Å². The van der Waals surface area contributed by atoms with Gasteiger partial charge in [-0.1, -0.05) is 0 Å². The molecule has 2 rings (SSSR count). The summed E-state index contributed by atoms with van der Waals surface area (Å²) in [7, 11) is 0. The molecule has 0 aromatic carbocycles. The summed E-state index contributed by atoms with van der Waals surface area (Å²) in [6.45, 7) is 0.486. The van der Waals surface area contributed by atoms with E-state index in [9.17, 15) is 4.79 Å². The monoisotopic (exact) mass is 204 g/mol. The molecule has 76 valence electrons. The topological polar surface area (TPSA) is 80.9 Å². The Morgan fingerprint density at radius 3 is 2.87 bits per heavy atom. The third-order valence-electron chi connectivity index (χ3n) is 1.86. The van der Waals surface area contributed by atoms with Crippen molar-refractivity contribution < 1.29 is 9.90 Å². The van der Waals surface area contributed by atoms with Crippen molar-refractivity contribution in [2.75, 3.05) is 0 Å². The van der Waals surface area contributed by atoms with E-state index >= 15 is 0 Å². The molecular weight excluding hydrogens is 196 g/mol. The Labute approximate surface area is 85.2 Å². The summed E-state index contributed by atoms with van der Waals surface area (Å²) < 4.78 is 1.61. The summed E-state index contributed by atoms with van der Waals surface area (Å²) in [5.41, 5.74) is 0.919. The number of aromatic nitrogens is 4. The van der Waals surface area contributed by atoms with Crippen LogP contribution in [0.5, 0.6) is 0 Å². The summed E-state index contributed by atoms with van der Waals surface area (Å²) in [5, 5.41) is 12.6. The fraction of sp³-hybridized carbons (Fsp3) is 0.111. The molecule has 1 N–H and O–H groups in total. The largest absolute Gasteiger partial charge is 0.478 e. The van der Waals surface area contributed by atoms with Crippen molar-refractivity contribution in [3.8, 4) is 0 Å². The summed E-state index contributed by atoms with van der Waals surface area (Å²) in [6, 6.07) is 3.17. The van der Waals surface area contributed by atoms with Gasteiger partial charge in [0.2, 0.25) is 0 Å². The Hall–Kier alpha value is -2.24. The standard InChI is InChI=1S/C9H8N4O2/c14-9(15)7-1-2-8(11-3-7)4-13-6-10-5-12-13/h1-3,5-6H,4H2,(H,14,15). The Morgan fingerprint density at radius 1 is 1.47 bits per heavy atom. The molecule has 15 heavy (non-hydrogen) atoms.